The maximum atomic E-state index is 13.0. The predicted molar refractivity (Wildman–Crippen MR) is 62.2 cm³/mol. The molecule has 1 heterocycles. The summed E-state index contributed by atoms with van der Waals surface area (Å²) in [4.78, 5) is 14.7. The number of carbonyl (C=O) groups is 1. The molecule has 0 unspecified atom stereocenters. The molecule has 1 rings (SSSR count). The summed E-state index contributed by atoms with van der Waals surface area (Å²) in [7, 11) is 0. The molecule has 3 nitrogen and oxygen atoms in total. The standard InChI is InChI=1S/C11H9BrF5NO2/c1-2-20-7(19)3-5-8(11(15,16)17)6(10(13)14)4-18-9(5)12/h4,10H,2-3H2,1H3. The van der Waals surface area contributed by atoms with Crippen LogP contribution in [0.15, 0.2) is 10.8 Å². The third-order valence-corrected chi connectivity index (χ3v) is 2.98. The average molecular weight is 362 g/mol. The minimum absolute atomic E-state index is 0.0280. The Kier molecular flexibility index (Phi) is 5.43. The summed E-state index contributed by atoms with van der Waals surface area (Å²) in [5, 5.41) is 0. The number of hydrogen-bond donors (Lipinski definition) is 0. The number of ether oxygens (including phenoxy) is 1. The van der Waals surface area contributed by atoms with E-state index in [1.54, 1.807) is 0 Å². The van der Waals surface area contributed by atoms with Gasteiger partial charge in [-0.2, -0.15) is 13.2 Å². The van der Waals surface area contributed by atoms with E-state index in [0.717, 1.165) is 0 Å². The molecule has 0 aliphatic carbocycles. The summed E-state index contributed by atoms with van der Waals surface area (Å²) in [6.07, 6.45) is -8.74. The fourth-order valence-electron chi connectivity index (χ4n) is 1.56. The quantitative estimate of drug-likeness (QED) is 0.463. The van der Waals surface area contributed by atoms with Crippen LogP contribution in [-0.2, 0) is 22.1 Å². The largest absolute Gasteiger partial charge is 0.466 e. The molecule has 20 heavy (non-hydrogen) atoms. The van der Waals surface area contributed by atoms with E-state index in [4.69, 9.17) is 0 Å². The molecule has 0 aromatic carbocycles. The van der Waals surface area contributed by atoms with Gasteiger partial charge in [-0.15, -0.1) is 0 Å². The van der Waals surface area contributed by atoms with Crippen molar-refractivity contribution in [1.29, 1.82) is 0 Å². The van der Waals surface area contributed by atoms with Crippen molar-refractivity contribution in [3.05, 3.63) is 27.5 Å². The molecule has 0 spiro atoms. The number of rotatable bonds is 4. The topological polar surface area (TPSA) is 39.2 Å². The molecule has 0 saturated heterocycles. The van der Waals surface area contributed by atoms with Gasteiger partial charge in [-0.3, -0.25) is 4.79 Å². The van der Waals surface area contributed by atoms with Crippen LogP contribution in [0.25, 0.3) is 0 Å². The van der Waals surface area contributed by atoms with Gasteiger partial charge in [0, 0.05) is 17.3 Å². The molecule has 112 valence electrons. The number of hydrogen-bond acceptors (Lipinski definition) is 3. The SMILES string of the molecule is CCOC(=O)Cc1c(Br)ncc(C(F)F)c1C(F)(F)F. The number of aromatic nitrogens is 1. The van der Waals surface area contributed by atoms with Gasteiger partial charge >= 0.3 is 12.1 Å². The van der Waals surface area contributed by atoms with E-state index in [1.165, 1.54) is 6.92 Å². The Morgan fingerprint density at radius 3 is 2.50 bits per heavy atom. The molecule has 0 aliphatic rings. The van der Waals surface area contributed by atoms with Crippen LogP contribution in [0.2, 0.25) is 0 Å². The Hall–Kier alpha value is -1.25. The van der Waals surface area contributed by atoms with Crippen molar-refractivity contribution in [3.8, 4) is 0 Å². The zero-order valence-corrected chi connectivity index (χ0v) is 11.7. The average Bonchev–Trinajstić information content (AvgIpc) is 2.29. The molecule has 0 bridgehead atoms. The molecule has 0 N–H and O–H groups in total. The maximum absolute atomic E-state index is 13.0. The third kappa shape index (κ3) is 3.87. The lowest BCUT2D eigenvalue weighted by molar-refractivity contribution is -0.144. The Bertz CT molecular complexity index is 504. The van der Waals surface area contributed by atoms with Crippen molar-refractivity contribution in [3.63, 3.8) is 0 Å². The van der Waals surface area contributed by atoms with Gasteiger partial charge in [0.2, 0.25) is 0 Å². The molecule has 1 aromatic heterocycles. The first-order valence-corrected chi connectivity index (χ1v) is 6.16. The lowest BCUT2D eigenvalue weighted by Crippen LogP contribution is -2.18. The molecule has 0 atom stereocenters. The van der Waals surface area contributed by atoms with Crippen molar-refractivity contribution in [2.75, 3.05) is 6.61 Å². The number of alkyl halides is 5. The maximum Gasteiger partial charge on any atom is 0.417 e. The Morgan fingerprint density at radius 2 is 2.05 bits per heavy atom. The van der Waals surface area contributed by atoms with Crippen LogP contribution in [0.5, 0.6) is 0 Å². The van der Waals surface area contributed by atoms with Gasteiger partial charge in [-0.1, -0.05) is 0 Å². The summed E-state index contributed by atoms with van der Waals surface area (Å²) >= 11 is 2.74. The molecule has 1 aromatic rings. The minimum atomic E-state index is -5.03. The summed E-state index contributed by atoms with van der Waals surface area (Å²) in [6, 6.07) is 0. The molecule has 0 fully saturated rings. The highest BCUT2D eigenvalue weighted by Crippen LogP contribution is 2.40. The lowest BCUT2D eigenvalue weighted by Gasteiger charge is -2.17. The smallest absolute Gasteiger partial charge is 0.417 e. The normalized spacial score (nSPS) is 11.8. The third-order valence-electron chi connectivity index (χ3n) is 2.30. The van der Waals surface area contributed by atoms with E-state index in [1.807, 2.05) is 0 Å². The van der Waals surface area contributed by atoms with Crippen LogP contribution in [0, 0.1) is 0 Å². The monoisotopic (exact) mass is 361 g/mol. The molecule has 9 heteroatoms. The zero-order valence-electron chi connectivity index (χ0n) is 10.1. The van der Waals surface area contributed by atoms with E-state index >= 15 is 0 Å². The predicted octanol–water partition coefficient (Wildman–Crippen LogP) is 3.91. The zero-order chi connectivity index (χ0) is 15.5. The van der Waals surface area contributed by atoms with Crippen molar-refractivity contribution >= 4 is 21.9 Å². The van der Waals surface area contributed by atoms with Crippen LogP contribution in [0.4, 0.5) is 22.0 Å². The molecular weight excluding hydrogens is 353 g/mol. The molecule has 0 saturated carbocycles. The van der Waals surface area contributed by atoms with Crippen LogP contribution >= 0.6 is 15.9 Å². The van der Waals surface area contributed by atoms with Gasteiger partial charge in [0.05, 0.1) is 18.6 Å². The fourth-order valence-corrected chi connectivity index (χ4v) is 2.00. The second kappa shape index (κ2) is 6.47. The van der Waals surface area contributed by atoms with Crippen molar-refractivity contribution < 1.29 is 31.5 Å². The van der Waals surface area contributed by atoms with E-state index in [-0.39, 0.29) is 11.2 Å². The number of carbonyl (C=O) groups excluding carboxylic acids is 1. The van der Waals surface area contributed by atoms with Gasteiger partial charge in [-0.05, 0) is 22.9 Å². The van der Waals surface area contributed by atoms with Gasteiger partial charge in [0.1, 0.15) is 4.60 Å². The van der Waals surface area contributed by atoms with Gasteiger partial charge in [0.25, 0.3) is 6.43 Å². The molecule has 0 radical (unpaired) electrons. The minimum Gasteiger partial charge on any atom is -0.466 e. The van der Waals surface area contributed by atoms with Gasteiger partial charge < -0.3 is 4.74 Å². The summed E-state index contributed by atoms with van der Waals surface area (Å²) in [5.74, 6) is -0.952. The number of pyridine rings is 1. The fraction of sp³-hybridized carbons (Fsp3) is 0.455. The van der Waals surface area contributed by atoms with Crippen LogP contribution in [0.3, 0.4) is 0 Å². The summed E-state index contributed by atoms with van der Waals surface area (Å²) in [6.45, 7) is 1.45. The Balaban J connectivity index is 3.40. The van der Waals surface area contributed by atoms with Crippen LogP contribution in [0.1, 0.15) is 30.0 Å². The number of nitrogens with zero attached hydrogens (tertiary/aromatic N) is 1. The van der Waals surface area contributed by atoms with Crippen molar-refractivity contribution in [2.45, 2.75) is 25.9 Å². The highest BCUT2D eigenvalue weighted by molar-refractivity contribution is 9.10. The summed E-state index contributed by atoms with van der Waals surface area (Å²) in [5.41, 5.74) is -3.48. The highest BCUT2D eigenvalue weighted by atomic mass is 79.9. The van der Waals surface area contributed by atoms with Gasteiger partial charge in [-0.25, -0.2) is 13.8 Å². The van der Waals surface area contributed by atoms with Crippen LogP contribution < -0.4 is 0 Å². The number of esters is 1. The van der Waals surface area contributed by atoms with Crippen LogP contribution in [-0.4, -0.2) is 17.6 Å². The Morgan fingerprint density at radius 1 is 1.45 bits per heavy atom. The van der Waals surface area contributed by atoms with Gasteiger partial charge in [0.15, 0.2) is 0 Å². The van der Waals surface area contributed by atoms with Crippen molar-refractivity contribution in [2.24, 2.45) is 0 Å². The van der Waals surface area contributed by atoms with E-state index in [2.05, 4.69) is 25.7 Å². The number of halogens is 6. The highest BCUT2D eigenvalue weighted by Gasteiger charge is 2.40. The molecular formula is C11H9BrF5NO2. The van der Waals surface area contributed by atoms with E-state index in [9.17, 15) is 26.7 Å². The Labute approximate surface area is 119 Å². The first-order valence-electron chi connectivity index (χ1n) is 5.36. The lowest BCUT2D eigenvalue weighted by atomic mass is 10.0. The van der Waals surface area contributed by atoms with Crippen molar-refractivity contribution in [1.82, 2.24) is 4.98 Å². The molecule has 0 aliphatic heterocycles. The second-order valence-electron chi connectivity index (χ2n) is 3.64. The second-order valence-corrected chi connectivity index (χ2v) is 4.39. The van der Waals surface area contributed by atoms with E-state index < -0.39 is 41.7 Å². The van der Waals surface area contributed by atoms with E-state index in [0.29, 0.717) is 6.20 Å². The summed E-state index contributed by atoms with van der Waals surface area (Å²) < 4.78 is 68.4. The first-order chi connectivity index (χ1) is 9.18. The first kappa shape index (κ1) is 16.8. The molecule has 0 amide bonds.